The van der Waals surface area contributed by atoms with Gasteiger partial charge < -0.3 is 44.8 Å². The molecular formula is C27H48Cl2N12O4. The second kappa shape index (κ2) is 21.0. The van der Waals surface area contributed by atoms with Crippen LogP contribution in [-0.2, 0) is 0 Å². The Hall–Kier alpha value is -3.83. The molecule has 0 bridgehead atoms. The van der Waals surface area contributed by atoms with Gasteiger partial charge in [0.1, 0.15) is 6.33 Å². The van der Waals surface area contributed by atoms with E-state index < -0.39 is 6.03 Å². The van der Waals surface area contributed by atoms with Gasteiger partial charge in [-0.2, -0.15) is 0 Å². The zero-order valence-corrected chi connectivity index (χ0v) is 28.8. The van der Waals surface area contributed by atoms with Gasteiger partial charge in [-0.05, 0) is 20.4 Å². The largest absolute Gasteiger partial charge is 1.00 e. The van der Waals surface area contributed by atoms with E-state index in [2.05, 4.69) is 83.2 Å². The number of imidazole rings is 1. The smallest absolute Gasteiger partial charge is 0.333 e. The van der Waals surface area contributed by atoms with Crippen LogP contribution in [0.5, 0.6) is 0 Å². The predicted octanol–water partition coefficient (Wildman–Crippen LogP) is -5.30. The van der Waals surface area contributed by atoms with Gasteiger partial charge in [-0.1, -0.05) is 0 Å². The minimum absolute atomic E-state index is 0. The molecule has 0 aliphatic carbocycles. The third-order valence-electron chi connectivity index (χ3n) is 5.26. The van der Waals surface area contributed by atoms with Crippen LogP contribution in [0.3, 0.4) is 0 Å². The highest BCUT2D eigenvalue weighted by molar-refractivity contribution is 5.89. The standard InChI is InChI=1S/C12H21N5O2.C9H9N5O2.C6H17N2.2ClH/c1-9-8-10(18)15-11(14-9)16-12(19)13-6-5-7-17(2,3)4;1-6-4-7(15)12-8(11-6)13-9(16)14-3-2-10-5-14;1-8(2,3)6-4-5-7;;/h8H,5-7H2,1-4H3,(H2-,13,14,15,16,18,19);2-5H,1H3,(H2,11,12,13,15,16);4-7H2,1-3H3;2*1H/q;;+1;;/p-1. The molecule has 0 saturated heterocycles. The monoisotopic (exact) mass is 674 g/mol. The Morgan fingerprint density at radius 2 is 1.33 bits per heavy atom. The lowest BCUT2D eigenvalue weighted by Crippen LogP contribution is -3.00. The number of carbonyl (C=O) groups is 2. The lowest BCUT2D eigenvalue weighted by molar-refractivity contribution is -0.870. The number of amides is 3. The highest BCUT2D eigenvalue weighted by atomic mass is 35.5. The van der Waals surface area contributed by atoms with Crippen molar-refractivity contribution < 1.29 is 43.4 Å². The van der Waals surface area contributed by atoms with Crippen molar-refractivity contribution in [3.05, 3.63) is 62.9 Å². The van der Waals surface area contributed by atoms with Crippen molar-refractivity contribution in [3.8, 4) is 0 Å². The number of H-pyrrole nitrogens is 2. The van der Waals surface area contributed by atoms with Crippen molar-refractivity contribution >= 4 is 24.0 Å². The van der Waals surface area contributed by atoms with Crippen LogP contribution in [0.15, 0.2) is 40.4 Å². The fourth-order valence-electron chi connectivity index (χ4n) is 3.29. The average Bonchev–Trinajstić information content (AvgIpc) is 3.39. The number of nitrogens with one attached hydrogen (secondary N) is 5. The van der Waals surface area contributed by atoms with Crippen LogP contribution in [-0.4, -0.2) is 119 Å². The number of nitrogens with two attached hydrogens (primary N) is 1. The van der Waals surface area contributed by atoms with E-state index in [9.17, 15) is 19.2 Å². The number of aromatic nitrogens is 6. The van der Waals surface area contributed by atoms with Crippen LogP contribution in [0.25, 0.3) is 0 Å². The van der Waals surface area contributed by atoms with Crippen molar-refractivity contribution in [3.63, 3.8) is 0 Å². The van der Waals surface area contributed by atoms with Gasteiger partial charge in [0.15, 0.2) is 0 Å². The summed E-state index contributed by atoms with van der Waals surface area (Å²) in [6.07, 6.45) is 6.33. The molecule has 0 aromatic carbocycles. The molecule has 45 heavy (non-hydrogen) atoms. The van der Waals surface area contributed by atoms with E-state index in [-0.39, 0.29) is 53.9 Å². The number of anilines is 2. The fourth-order valence-corrected chi connectivity index (χ4v) is 3.29. The van der Waals surface area contributed by atoms with Gasteiger partial charge in [0.05, 0.1) is 55.4 Å². The molecule has 3 amide bonds. The molecule has 0 saturated carbocycles. The zero-order chi connectivity index (χ0) is 32.6. The Morgan fingerprint density at radius 1 is 0.844 bits per heavy atom. The number of halogens is 2. The Labute approximate surface area is 276 Å². The van der Waals surface area contributed by atoms with Gasteiger partial charge >= 0.3 is 12.1 Å². The second-order valence-corrected chi connectivity index (χ2v) is 11.8. The summed E-state index contributed by atoms with van der Waals surface area (Å²) in [5.41, 5.74) is 5.82. The van der Waals surface area contributed by atoms with Gasteiger partial charge in [0, 0.05) is 55.3 Å². The third-order valence-corrected chi connectivity index (χ3v) is 5.26. The van der Waals surface area contributed by atoms with E-state index in [4.69, 9.17) is 5.73 Å². The predicted molar refractivity (Wildman–Crippen MR) is 167 cm³/mol. The van der Waals surface area contributed by atoms with Gasteiger partial charge in [0.2, 0.25) is 11.9 Å². The van der Waals surface area contributed by atoms with Gasteiger partial charge in [-0.15, -0.1) is 0 Å². The summed E-state index contributed by atoms with van der Waals surface area (Å²) in [6, 6.07) is 1.90. The quantitative estimate of drug-likeness (QED) is 0.0953. The van der Waals surface area contributed by atoms with Crippen molar-refractivity contribution in [2.24, 2.45) is 5.73 Å². The van der Waals surface area contributed by atoms with Gasteiger partial charge in [-0.3, -0.25) is 34.8 Å². The van der Waals surface area contributed by atoms with Crippen molar-refractivity contribution in [1.82, 2.24) is 34.8 Å². The molecule has 0 fully saturated rings. The number of hydrogen-bond donors (Lipinski definition) is 6. The molecular weight excluding hydrogens is 627 g/mol. The first-order valence-electron chi connectivity index (χ1n) is 13.8. The molecule has 0 aliphatic heterocycles. The number of urea groups is 1. The summed E-state index contributed by atoms with van der Waals surface area (Å²) in [4.78, 5) is 62.0. The second-order valence-electron chi connectivity index (χ2n) is 11.8. The minimum Gasteiger partial charge on any atom is -1.00 e. The Bertz CT molecular complexity index is 1400. The van der Waals surface area contributed by atoms with Crippen LogP contribution in [0.4, 0.5) is 21.5 Å². The normalized spacial score (nSPS) is 10.4. The molecule has 7 N–H and O–H groups in total. The molecule has 3 rings (SSSR count). The van der Waals surface area contributed by atoms with E-state index in [0.717, 1.165) is 34.9 Å². The van der Waals surface area contributed by atoms with Gasteiger partial charge in [0.25, 0.3) is 11.1 Å². The summed E-state index contributed by atoms with van der Waals surface area (Å²) in [7, 11) is 12.8. The highest BCUT2D eigenvalue weighted by Crippen LogP contribution is 1.98. The van der Waals surface area contributed by atoms with Crippen molar-refractivity contribution in [2.45, 2.75) is 26.7 Å². The van der Waals surface area contributed by atoms with Crippen LogP contribution < -0.4 is 57.6 Å². The molecule has 0 atom stereocenters. The molecule has 16 nitrogen and oxygen atoms in total. The summed E-state index contributed by atoms with van der Waals surface area (Å²) in [5, 5.41) is 7.66. The van der Waals surface area contributed by atoms with Crippen molar-refractivity contribution in [2.75, 3.05) is 79.1 Å². The van der Waals surface area contributed by atoms with Crippen molar-refractivity contribution in [1.29, 1.82) is 0 Å². The van der Waals surface area contributed by atoms with E-state index >= 15 is 0 Å². The summed E-state index contributed by atoms with van der Waals surface area (Å²) >= 11 is 0. The van der Waals surface area contributed by atoms with E-state index in [1.807, 2.05) is 0 Å². The van der Waals surface area contributed by atoms with Crippen LogP contribution in [0.1, 0.15) is 24.2 Å². The van der Waals surface area contributed by atoms with Crippen LogP contribution >= 0.6 is 0 Å². The lowest BCUT2D eigenvalue weighted by atomic mass is 10.4. The van der Waals surface area contributed by atoms with Crippen LogP contribution in [0.2, 0.25) is 0 Å². The Balaban J connectivity index is 0. The Morgan fingerprint density at radius 3 is 1.73 bits per heavy atom. The van der Waals surface area contributed by atoms with E-state index in [1.54, 1.807) is 13.8 Å². The maximum Gasteiger partial charge on any atom is 0.333 e. The third kappa shape index (κ3) is 21.5. The number of aryl methyl sites for hydroxylation is 2. The molecule has 3 heterocycles. The van der Waals surface area contributed by atoms with Crippen LogP contribution in [0, 0.1) is 13.8 Å². The van der Waals surface area contributed by atoms with E-state index in [0.29, 0.717) is 17.9 Å². The topological polar surface area (TPSA) is 206 Å². The first kappa shape index (κ1) is 43.3. The first-order valence-corrected chi connectivity index (χ1v) is 13.8. The minimum atomic E-state index is -0.439. The number of carbonyl (C=O) groups excluding carboxylic acids is 2. The highest BCUT2D eigenvalue weighted by Gasteiger charge is 2.08. The number of aromatic amines is 2. The van der Waals surface area contributed by atoms with E-state index in [1.165, 1.54) is 42.0 Å². The maximum absolute atomic E-state index is 11.6. The number of rotatable bonds is 9. The molecule has 0 radical (unpaired) electrons. The summed E-state index contributed by atoms with van der Waals surface area (Å²) in [6.45, 7) is 6.91. The first-order chi connectivity index (χ1) is 20.0. The maximum atomic E-state index is 11.6. The number of quaternary nitrogens is 2. The molecule has 18 heteroatoms. The number of nitrogens with zero attached hydrogens (tertiary/aromatic N) is 6. The lowest BCUT2D eigenvalue weighted by Gasteiger charge is -2.23. The molecule has 0 aliphatic rings. The fraction of sp³-hybridized carbons (Fsp3) is 0.519. The molecule has 254 valence electrons. The summed E-state index contributed by atoms with van der Waals surface area (Å²) in [5.74, 6) is 0.276. The molecule has 3 aromatic rings. The average molecular weight is 676 g/mol. The molecule has 0 spiro atoms. The SMILES string of the molecule is C[N+](C)(C)CCCN.Cc1cc(=O)[nH]c(NC(=O)NCCC[N+](C)(C)C)n1.Cc1cc(=O)[nH]c(NC(=O)n2ccnc2)n1.[Cl-].[Cl-]. The Kier molecular flexibility index (Phi) is 20.2. The molecule has 0 unspecified atom stereocenters. The zero-order valence-electron chi connectivity index (χ0n) is 27.3. The molecule has 3 aromatic heterocycles. The summed E-state index contributed by atoms with van der Waals surface area (Å²) < 4.78 is 3.12. The number of hydrogen-bond acceptors (Lipinski definition) is 8. The van der Waals surface area contributed by atoms with Gasteiger partial charge in [-0.25, -0.2) is 24.5 Å².